The van der Waals surface area contributed by atoms with E-state index in [1.54, 1.807) is 12.1 Å². The number of nitrogens with two attached hydrogens (primary N) is 1. The Balaban J connectivity index is 1.54. The molecule has 2 N–H and O–H groups in total. The quantitative estimate of drug-likeness (QED) is 0.682. The van der Waals surface area contributed by atoms with Crippen molar-refractivity contribution >= 4 is 11.7 Å². The Bertz CT molecular complexity index is 735. The van der Waals surface area contributed by atoms with E-state index in [0.717, 1.165) is 43.6 Å². The number of ether oxygens (including phenoxy) is 1. The fourth-order valence-electron chi connectivity index (χ4n) is 3.30. The highest BCUT2D eigenvalue weighted by molar-refractivity contribution is 5.92. The fourth-order valence-corrected chi connectivity index (χ4v) is 3.30. The van der Waals surface area contributed by atoms with Gasteiger partial charge in [0.15, 0.2) is 0 Å². The van der Waals surface area contributed by atoms with Crippen LogP contribution in [0.5, 0.6) is 0 Å². The summed E-state index contributed by atoms with van der Waals surface area (Å²) in [5.41, 5.74) is 10.4. The van der Waals surface area contributed by atoms with Gasteiger partial charge in [0.25, 0.3) is 0 Å². The lowest BCUT2D eigenvalue weighted by atomic mass is 10.0. The van der Waals surface area contributed by atoms with Crippen molar-refractivity contribution in [2.75, 3.05) is 18.8 Å². The van der Waals surface area contributed by atoms with Crippen LogP contribution in [0.2, 0.25) is 0 Å². The molecule has 0 spiro atoms. The monoisotopic (exact) mass is 338 g/mol. The molecule has 1 aliphatic rings. The van der Waals surface area contributed by atoms with Gasteiger partial charge in [-0.3, -0.25) is 4.90 Å². The maximum atomic E-state index is 12.5. The van der Waals surface area contributed by atoms with Gasteiger partial charge in [-0.05, 0) is 55.5 Å². The summed E-state index contributed by atoms with van der Waals surface area (Å²) in [6.45, 7) is 6.71. The zero-order valence-electron chi connectivity index (χ0n) is 15.0. The van der Waals surface area contributed by atoms with Crippen molar-refractivity contribution in [1.29, 1.82) is 0 Å². The second-order valence-electron chi connectivity index (χ2n) is 6.82. The van der Waals surface area contributed by atoms with Gasteiger partial charge in [0, 0.05) is 25.3 Å². The minimum atomic E-state index is -0.234. The Morgan fingerprint density at radius 1 is 1.08 bits per heavy atom. The number of nitrogen functional groups attached to an aromatic ring is 1. The molecular formula is C21H26N2O2. The van der Waals surface area contributed by atoms with Gasteiger partial charge in [0.1, 0.15) is 6.10 Å². The lowest BCUT2D eigenvalue weighted by Crippen LogP contribution is -2.37. The van der Waals surface area contributed by atoms with E-state index in [4.69, 9.17) is 10.5 Å². The zero-order valence-corrected chi connectivity index (χ0v) is 15.0. The molecule has 0 saturated carbocycles. The lowest BCUT2D eigenvalue weighted by Gasteiger charge is -2.31. The Morgan fingerprint density at radius 3 is 2.44 bits per heavy atom. The van der Waals surface area contributed by atoms with E-state index in [2.05, 4.69) is 29.2 Å². The first-order valence-electron chi connectivity index (χ1n) is 8.87. The van der Waals surface area contributed by atoms with Gasteiger partial charge >= 0.3 is 5.97 Å². The van der Waals surface area contributed by atoms with Gasteiger partial charge in [0.05, 0.1) is 5.56 Å². The Hall–Kier alpha value is -2.33. The topological polar surface area (TPSA) is 55.6 Å². The van der Waals surface area contributed by atoms with E-state index < -0.39 is 0 Å². The average molecular weight is 338 g/mol. The number of piperidine rings is 1. The number of carbonyl (C=O) groups excluding carboxylic acids is 1. The summed E-state index contributed by atoms with van der Waals surface area (Å²) in [7, 11) is 0. The van der Waals surface area contributed by atoms with E-state index in [-0.39, 0.29) is 12.1 Å². The predicted octanol–water partition coefficient (Wildman–Crippen LogP) is 3.71. The van der Waals surface area contributed by atoms with Gasteiger partial charge in [-0.1, -0.05) is 30.3 Å². The number of nitrogens with zero attached hydrogens (tertiary/aromatic N) is 1. The van der Waals surface area contributed by atoms with Crippen molar-refractivity contribution in [3.05, 3.63) is 64.7 Å². The molecule has 0 atom stereocenters. The summed E-state index contributed by atoms with van der Waals surface area (Å²) in [5.74, 6) is -0.234. The zero-order chi connectivity index (χ0) is 17.8. The highest BCUT2D eigenvalue weighted by atomic mass is 16.5. The molecule has 4 heteroatoms. The second kappa shape index (κ2) is 7.70. The minimum Gasteiger partial charge on any atom is -0.459 e. The third-order valence-corrected chi connectivity index (χ3v) is 5.11. The van der Waals surface area contributed by atoms with Crippen LogP contribution in [-0.4, -0.2) is 30.1 Å². The number of likely N-dealkylation sites (tertiary alicyclic amines) is 1. The van der Waals surface area contributed by atoms with Gasteiger partial charge in [-0.15, -0.1) is 0 Å². The molecule has 0 aliphatic carbocycles. The molecule has 1 fully saturated rings. The van der Waals surface area contributed by atoms with Gasteiger partial charge in [-0.25, -0.2) is 4.79 Å². The van der Waals surface area contributed by atoms with Crippen LogP contribution in [0.25, 0.3) is 0 Å². The van der Waals surface area contributed by atoms with Crippen molar-refractivity contribution in [3.8, 4) is 0 Å². The van der Waals surface area contributed by atoms with Crippen LogP contribution < -0.4 is 5.73 Å². The van der Waals surface area contributed by atoms with Crippen LogP contribution in [0.15, 0.2) is 42.5 Å². The molecule has 1 aliphatic heterocycles. The predicted molar refractivity (Wildman–Crippen MR) is 100 cm³/mol. The molecule has 0 unspecified atom stereocenters. The molecule has 0 bridgehead atoms. The average Bonchev–Trinajstić information content (AvgIpc) is 2.62. The summed E-state index contributed by atoms with van der Waals surface area (Å²) < 4.78 is 5.75. The summed E-state index contributed by atoms with van der Waals surface area (Å²) in [4.78, 5) is 14.9. The SMILES string of the molecule is Cc1c(N)ccc(C(=O)OC2CCN(Cc3ccccc3)CC2)c1C. The van der Waals surface area contributed by atoms with Crippen molar-refractivity contribution < 1.29 is 9.53 Å². The Labute approximate surface area is 149 Å². The molecule has 132 valence electrons. The van der Waals surface area contributed by atoms with Crippen LogP contribution in [-0.2, 0) is 11.3 Å². The number of hydrogen-bond acceptors (Lipinski definition) is 4. The molecule has 2 aromatic rings. The standard InChI is InChI=1S/C21H26N2O2/c1-15-16(2)20(22)9-8-19(15)21(24)25-18-10-12-23(13-11-18)14-17-6-4-3-5-7-17/h3-9,18H,10-14,22H2,1-2H3. The number of esters is 1. The molecule has 2 aromatic carbocycles. The third-order valence-electron chi connectivity index (χ3n) is 5.11. The normalized spacial score (nSPS) is 15.9. The van der Waals surface area contributed by atoms with Crippen LogP contribution in [0.3, 0.4) is 0 Å². The number of anilines is 1. The Morgan fingerprint density at radius 2 is 1.76 bits per heavy atom. The van der Waals surface area contributed by atoms with E-state index in [9.17, 15) is 4.79 Å². The largest absolute Gasteiger partial charge is 0.459 e. The first-order chi connectivity index (χ1) is 12.0. The maximum Gasteiger partial charge on any atom is 0.338 e. The number of hydrogen-bond donors (Lipinski definition) is 1. The van der Waals surface area contributed by atoms with Gasteiger partial charge < -0.3 is 10.5 Å². The van der Waals surface area contributed by atoms with E-state index in [1.165, 1.54) is 5.56 Å². The van der Waals surface area contributed by atoms with Crippen molar-refractivity contribution in [3.63, 3.8) is 0 Å². The lowest BCUT2D eigenvalue weighted by molar-refractivity contribution is 0.0103. The Kier molecular flexibility index (Phi) is 5.39. The summed E-state index contributed by atoms with van der Waals surface area (Å²) >= 11 is 0. The smallest absolute Gasteiger partial charge is 0.338 e. The van der Waals surface area contributed by atoms with Gasteiger partial charge in [-0.2, -0.15) is 0 Å². The second-order valence-corrected chi connectivity index (χ2v) is 6.82. The summed E-state index contributed by atoms with van der Waals surface area (Å²) in [6.07, 6.45) is 1.76. The molecule has 3 rings (SSSR count). The van der Waals surface area contributed by atoms with Gasteiger partial charge in [0.2, 0.25) is 0 Å². The fraction of sp³-hybridized carbons (Fsp3) is 0.381. The molecule has 25 heavy (non-hydrogen) atoms. The first-order valence-corrected chi connectivity index (χ1v) is 8.87. The summed E-state index contributed by atoms with van der Waals surface area (Å²) in [5, 5.41) is 0. The number of rotatable bonds is 4. The molecule has 4 nitrogen and oxygen atoms in total. The van der Waals surface area contributed by atoms with Crippen molar-refractivity contribution in [2.45, 2.75) is 39.3 Å². The maximum absolute atomic E-state index is 12.5. The third kappa shape index (κ3) is 4.20. The highest BCUT2D eigenvalue weighted by Crippen LogP contribution is 2.22. The molecule has 0 radical (unpaired) electrons. The molecule has 1 heterocycles. The van der Waals surface area contributed by atoms with Crippen molar-refractivity contribution in [1.82, 2.24) is 4.90 Å². The first kappa shape index (κ1) is 17.5. The van der Waals surface area contributed by atoms with E-state index in [0.29, 0.717) is 11.3 Å². The summed E-state index contributed by atoms with van der Waals surface area (Å²) in [6, 6.07) is 14.0. The minimum absolute atomic E-state index is 0.00298. The number of benzene rings is 2. The van der Waals surface area contributed by atoms with E-state index >= 15 is 0 Å². The van der Waals surface area contributed by atoms with Crippen LogP contribution in [0.1, 0.15) is 39.9 Å². The van der Waals surface area contributed by atoms with Crippen LogP contribution >= 0.6 is 0 Å². The number of carbonyl (C=O) groups is 1. The molecule has 1 saturated heterocycles. The highest BCUT2D eigenvalue weighted by Gasteiger charge is 2.24. The molecule has 0 amide bonds. The van der Waals surface area contributed by atoms with E-state index in [1.807, 2.05) is 19.9 Å². The van der Waals surface area contributed by atoms with Crippen LogP contribution in [0, 0.1) is 13.8 Å². The van der Waals surface area contributed by atoms with Crippen molar-refractivity contribution in [2.24, 2.45) is 0 Å². The van der Waals surface area contributed by atoms with Crippen LogP contribution in [0.4, 0.5) is 5.69 Å². The molecular weight excluding hydrogens is 312 g/mol. The molecule has 0 aromatic heterocycles.